The Morgan fingerprint density at radius 3 is 2.29 bits per heavy atom. The van der Waals surface area contributed by atoms with E-state index < -0.39 is 16.1 Å². The fraction of sp³-hybridized carbons (Fsp3) is 0.409. The predicted octanol–water partition coefficient (Wildman–Crippen LogP) is 3.57. The summed E-state index contributed by atoms with van der Waals surface area (Å²) in [6, 6.07) is 13.5. The molecule has 7 nitrogen and oxygen atoms in total. The molecule has 1 heterocycles. The van der Waals surface area contributed by atoms with E-state index in [1.165, 1.54) is 16.4 Å². The number of hydrogen-bond donors (Lipinski definition) is 1. The van der Waals surface area contributed by atoms with Crippen LogP contribution >= 0.6 is 15.9 Å². The van der Waals surface area contributed by atoms with Crippen LogP contribution in [0.2, 0.25) is 0 Å². The van der Waals surface area contributed by atoms with Gasteiger partial charge in [-0.3, -0.25) is 4.79 Å². The van der Waals surface area contributed by atoms with Gasteiger partial charge in [-0.25, -0.2) is 8.42 Å². The molecule has 3 rings (SSSR count). The third kappa shape index (κ3) is 6.06. The van der Waals surface area contributed by atoms with Gasteiger partial charge in [0, 0.05) is 23.2 Å². The van der Waals surface area contributed by atoms with Crippen LogP contribution < -0.4 is 10.1 Å². The first-order valence-electron chi connectivity index (χ1n) is 10.2. The van der Waals surface area contributed by atoms with Gasteiger partial charge in [0.1, 0.15) is 5.75 Å². The van der Waals surface area contributed by atoms with Crippen molar-refractivity contribution in [2.24, 2.45) is 0 Å². The fourth-order valence-electron chi connectivity index (χ4n) is 3.45. The molecule has 1 aliphatic rings. The molecule has 2 aromatic rings. The zero-order valence-corrected chi connectivity index (χ0v) is 20.3. The number of piperidine rings is 1. The smallest absolute Gasteiger partial charge is 0.265 e. The van der Waals surface area contributed by atoms with Crippen molar-refractivity contribution in [2.45, 2.75) is 36.8 Å². The summed E-state index contributed by atoms with van der Waals surface area (Å²) in [7, 11) is 0.0969. The van der Waals surface area contributed by atoms with Crippen LogP contribution in [-0.2, 0) is 14.8 Å². The summed E-state index contributed by atoms with van der Waals surface area (Å²) in [4.78, 5) is 14.8. The number of anilines is 1. The zero-order valence-electron chi connectivity index (χ0n) is 17.9. The Kier molecular flexibility index (Phi) is 7.74. The molecule has 1 amide bonds. The molecular weight excluding hydrogens is 482 g/mol. The van der Waals surface area contributed by atoms with Gasteiger partial charge in [-0.1, -0.05) is 15.9 Å². The minimum absolute atomic E-state index is 0.00260. The van der Waals surface area contributed by atoms with Crippen molar-refractivity contribution < 1.29 is 17.9 Å². The Labute approximate surface area is 192 Å². The van der Waals surface area contributed by atoms with Gasteiger partial charge in [0.15, 0.2) is 6.10 Å². The van der Waals surface area contributed by atoms with Crippen LogP contribution in [0.5, 0.6) is 5.75 Å². The van der Waals surface area contributed by atoms with E-state index in [1.807, 2.05) is 19.2 Å². The number of nitrogens with zero attached hydrogens (tertiary/aromatic N) is 2. The van der Waals surface area contributed by atoms with Gasteiger partial charge in [0.2, 0.25) is 10.0 Å². The van der Waals surface area contributed by atoms with Crippen LogP contribution in [0, 0.1) is 0 Å². The van der Waals surface area contributed by atoms with E-state index in [1.54, 1.807) is 38.2 Å². The normalized spacial score (nSPS) is 16.8. The fourth-order valence-corrected chi connectivity index (χ4v) is 5.13. The summed E-state index contributed by atoms with van der Waals surface area (Å²) in [5.41, 5.74) is 0.511. The Morgan fingerprint density at radius 1 is 1.13 bits per heavy atom. The first kappa shape index (κ1) is 23.7. The maximum absolute atomic E-state index is 13.0. The SMILES string of the molecule is C[C@H](Oc1ccc(Br)cc1)C(=O)Nc1ccc(S(=O)(=O)N(C)C2CCN(C)CC2)cc1. The number of sulfonamides is 1. The highest BCUT2D eigenvalue weighted by Crippen LogP contribution is 2.24. The molecule has 1 atom stereocenters. The van der Waals surface area contributed by atoms with Crippen molar-refractivity contribution in [1.82, 2.24) is 9.21 Å². The van der Waals surface area contributed by atoms with E-state index in [4.69, 9.17) is 4.74 Å². The molecule has 31 heavy (non-hydrogen) atoms. The molecule has 0 unspecified atom stereocenters. The third-order valence-corrected chi connectivity index (χ3v) is 7.95. The minimum atomic E-state index is -3.59. The number of ether oxygens (including phenoxy) is 1. The maximum Gasteiger partial charge on any atom is 0.265 e. The number of nitrogens with one attached hydrogen (secondary N) is 1. The lowest BCUT2D eigenvalue weighted by atomic mass is 10.1. The van der Waals surface area contributed by atoms with E-state index >= 15 is 0 Å². The lowest BCUT2D eigenvalue weighted by Crippen LogP contribution is -2.44. The molecule has 2 aromatic carbocycles. The maximum atomic E-state index is 13.0. The van der Waals surface area contributed by atoms with E-state index in [2.05, 4.69) is 26.1 Å². The molecule has 1 aliphatic heterocycles. The average Bonchev–Trinajstić information content (AvgIpc) is 2.75. The number of carbonyl (C=O) groups is 1. The van der Waals surface area contributed by atoms with Gasteiger partial charge in [-0.05, 0) is 88.4 Å². The molecular formula is C22H28BrN3O4S. The molecule has 0 saturated carbocycles. The molecule has 1 N–H and O–H groups in total. The molecule has 0 aromatic heterocycles. The Bertz CT molecular complexity index is 988. The van der Waals surface area contributed by atoms with Crippen molar-refractivity contribution in [3.63, 3.8) is 0 Å². The van der Waals surface area contributed by atoms with E-state index in [-0.39, 0.29) is 16.8 Å². The number of rotatable bonds is 7. The van der Waals surface area contributed by atoms with E-state index in [9.17, 15) is 13.2 Å². The number of carbonyl (C=O) groups excluding carboxylic acids is 1. The van der Waals surface area contributed by atoms with Gasteiger partial charge in [0.25, 0.3) is 5.91 Å². The van der Waals surface area contributed by atoms with Gasteiger partial charge >= 0.3 is 0 Å². The Morgan fingerprint density at radius 2 is 1.71 bits per heavy atom. The van der Waals surface area contributed by atoms with Crippen LogP contribution in [0.1, 0.15) is 19.8 Å². The Balaban J connectivity index is 1.61. The highest BCUT2D eigenvalue weighted by atomic mass is 79.9. The zero-order chi connectivity index (χ0) is 22.6. The van der Waals surface area contributed by atoms with E-state index in [0.717, 1.165) is 30.4 Å². The lowest BCUT2D eigenvalue weighted by molar-refractivity contribution is -0.122. The van der Waals surface area contributed by atoms with Crippen LogP contribution in [-0.4, -0.2) is 62.9 Å². The van der Waals surface area contributed by atoms with E-state index in [0.29, 0.717) is 11.4 Å². The first-order chi connectivity index (χ1) is 14.7. The van der Waals surface area contributed by atoms with Crippen molar-refractivity contribution in [1.29, 1.82) is 0 Å². The molecule has 0 spiro atoms. The summed E-state index contributed by atoms with van der Waals surface area (Å²) >= 11 is 3.36. The summed E-state index contributed by atoms with van der Waals surface area (Å²) in [5.74, 6) is 0.270. The van der Waals surface area contributed by atoms with Crippen molar-refractivity contribution >= 4 is 37.5 Å². The van der Waals surface area contributed by atoms with Gasteiger partial charge in [0.05, 0.1) is 4.90 Å². The van der Waals surface area contributed by atoms with Crippen molar-refractivity contribution in [3.8, 4) is 5.75 Å². The monoisotopic (exact) mass is 509 g/mol. The highest BCUT2D eigenvalue weighted by Gasteiger charge is 2.30. The molecule has 168 valence electrons. The first-order valence-corrected chi connectivity index (χ1v) is 12.4. The number of benzene rings is 2. The van der Waals surface area contributed by atoms with Gasteiger partial charge in [-0.15, -0.1) is 0 Å². The van der Waals surface area contributed by atoms with Crippen LogP contribution in [0.3, 0.4) is 0 Å². The largest absolute Gasteiger partial charge is 0.481 e. The standard InChI is InChI=1S/C22H28BrN3O4S/c1-16(30-20-8-4-17(23)5-9-20)22(27)24-18-6-10-21(11-7-18)31(28,29)26(3)19-12-14-25(2)15-13-19/h4-11,16,19H,12-15H2,1-3H3,(H,24,27)/t16-/m0/s1. The third-order valence-electron chi connectivity index (χ3n) is 5.50. The topological polar surface area (TPSA) is 78.9 Å². The summed E-state index contributed by atoms with van der Waals surface area (Å²) in [6.45, 7) is 3.43. The summed E-state index contributed by atoms with van der Waals surface area (Å²) in [6.07, 6.45) is 0.924. The van der Waals surface area contributed by atoms with Crippen LogP contribution in [0.25, 0.3) is 0 Å². The highest BCUT2D eigenvalue weighted by molar-refractivity contribution is 9.10. The molecule has 1 saturated heterocycles. The molecule has 0 radical (unpaired) electrons. The van der Waals surface area contributed by atoms with Gasteiger partial charge < -0.3 is 15.0 Å². The van der Waals surface area contributed by atoms with Crippen LogP contribution in [0.15, 0.2) is 57.9 Å². The second kappa shape index (κ2) is 10.1. The predicted molar refractivity (Wildman–Crippen MR) is 125 cm³/mol. The minimum Gasteiger partial charge on any atom is -0.481 e. The second-order valence-electron chi connectivity index (χ2n) is 7.78. The quantitative estimate of drug-likeness (QED) is 0.617. The molecule has 1 fully saturated rings. The summed E-state index contributed by atoms with van der Waals surface area (Å²) in [5, 5.41) is 2.76. The lowest BCUT2D eigenvalue weighted by Gasteiger charge is -2.34. The molecule has 0 bridgehead atoms. The van der Waals surface area contributed by atoms with Crippen LogP contribution in [0.4, 0.5) is 5.69 Å². The number of likely N-dealkylation sites (tertiary alicyclic amines) is 1. The average molecular weight is 510 g/mol. The number of hydrogen-bond acceptors (Lipinski definition) is 5. The van der Waals surface area contributed by atoms with Crippen molar-refractivity contribution in [2.75, 3.05) is 32.5 Å². The number of halogens is 1. The molecule has 0 aliphatic carbocycles. The summed E-state index contributed by atoms with van der Waals surface area (Å²) < 4.78 is 34.0. The van der Waals surface area contributed by atoms with Gasteiger partial charge in [-0.2, -0.15) is 4.31 Å². The van der Waals surface area contributed by atoms with Crippen molar-refractivity contribution in [3.05, 3.63) is 53.0 Å². The Hall–Kier alpha value is -1.94. The molecule has 9 heteroatoms. The second-order valence-corrected chi connectivity index (χ2v) is 10.7. The number of amides is 1.